The summed E-state index contributed by atoms with van der Waals surface area (Å²) >= 11 is 0. The molecule has 0 atom stereocenters. The van der Waals surface area contributed by atoms with Crippen LogP contribution in [0.1, 0.15) is 12.0 Å². The number of nitrogens with two attached hydrogens (primary N) is 1. The molecule has 0 aliphatic rings. The molecule has 0 unspecified atom stereocenters. The van der Waals surface area contributed by atoms with Crippen LogP contribution >= 0.6 is 0 Å². The third-order valence-corrected chi connectivity index (χ3v) is 3.53. The van der Waals surface area contributed by atoms with Crippen molar-refractivity contribution in [2.24, 2.45) is 0 Å². The number of nitrogen functional groups attached to an aromatic ring is 1. The smallest absolute Gasteiger partial charge is 0.224 e. The monoisotopic (exact) mass is 291 g/mol. The average Bonchev–Trinajstić information content (AvgIpc) is 2.55. The number of rotatable bonds is 4. The van der Waals surface area contributed by atoms with Crippen LogP contribution in [0.2, 0.25) is 0 Å². The number of aromatic nitrogens is 1. The van der Waals surface area contributed by atoms with Crippen LogP contribution in [-0.4, -0.2) is 10.9 Å². The molecule has 3 rings (SSSR count). The Labute approximate surface area is 129 Å². The summed E-state index contributed by atoms with van der Waals surface area (Å²) in [6.45, 7) is 0. The van der Waals surface area contributed by atoms with Crippen LogP contribution in [0.4, 0.5) is 11.4 Å². The summed E-state index contributed by atoms with van der Waals surface area (Å²) in [6.07, 6.45) is 2.84. The molecule has 4 heteroatoms. The van der Waals surface area contributed by atoms with Gasteiger partial charge in [0.05, 0.1) is 11.2 Å². The van der Waals surface area contributed by atoms with Crippen molar-refractivity contribution in [2.75, 3.05) is 11.1 Å². The van der Waals surface area contributed by atoms with Crippen LogP contribution < -0.4 is 11.1 Å². The summed E-state index contributed by atoms with van der Waals surface area (Å²) in [6, 6.07) is 17.2. The van der Waals surface area contributed by atoms with Crippen LogP contribution in [-0.2, 0) is 11.2 Å². The van der Waals surface area contributed by atoms with Crippen molar-refractivity contribution in [2.45, 2.75) is 12.8 Å². The molecule has 22 heavy (non-hydrogen) atoms. The molecule has 0 aliphatic carbocycles. The van der Waals surface area contributed by atoms with Gasteiger partial charge in [-0.1, -0.05) is 30.3 Å². The number of pyridine rings is 1. The van der Waals surface area contributed by atoms with E-state index >= 15 is 0 Å². The lowest BCUT2D eigenvalue weighted by Gasteiger charge is -2.08. The first-order chi connectivity index (χ1) is 10.7. The third-order valence-electron chi connectivity index (χ3n) is 3.53. The number of hydrogen-bond acceptors (Lipinski definition) is 3. The van der Waals surface area contributed by atoms with E-state index in [4.69, 9.17) is 5.73 Å². The second-order valence-corrected chi connectivity index (χ2v) is 5.17. The second kappa shape index (κ2) is 6.26. The van der Waals surface area contributed by atoms with Crippen LogP contribution in [0, 0.1) is 0 Å². The number of aryl methyl sites for hydroxylation is 1. The van der Waals surface area contributed by atoms with Gasteiger partial charge >= 0.3 is 0 Å². The Hall–Kier alpha value is -2.88. The molecule has 0 saturated carbocycles. The zero-order chi connectivity index (χ0) is 15.4. The number of amides is 1. The van der Waals surface area contributed by atoms with Gasteiger partial charge in [-0.3, -0.25) is 9.78 Å². The molecular weight excluding hydrogens is 274 g/mol. The minimum atomic E-state index is -0.0185. The number of carbonyl (C=O) groups is 1. The molecule has 110 valence electrons. The van der Waals surface area contributed by atoms with Crippen molar-refractivity contribution in [1.29, 1.82) is 0 Å². The van der Waals surface area contributed by atoms with Crippen molar-refractivity contribution in [1.82, 2.24) is 4.98 Å². The van der Waals surface area contributed by atoms with Gasteiger partial charge in [0.1, 0.15) is 0 Å². The highest BCUT2D eigenvalue weighted by molar-refractivity contribution is 6.00. The maximum absolute atomic E-state index is 12.1. The molecule has 4 nitrogen and oxygen atoms in total. The standard InChI is InChI=1S/C18H17N3O/c19-15-9-6-13(7-10-15)8-11-17(22)21-16-5-1-3-14-4-2-12-20-18(14)16/h1-7,9-10,12H,8,11,19H2,(H,21,22). The second-order valence-electron chi connectivity index (χ2n) is 5.17. The van der Waals surface area contributed by atoms with Gasteiger partial charge in [-0.15, -0.1) is 0 Å². The van der Waals surface area contributed by atoms with Gasteiger partial charge in [0.2, 0.25) is 5.91 Å². The molecule has 1 heterocycles. The number of nitrogens with one attached hydrogen (secondary N) is 1. The predicted molar refractivity (Wildman–Crippen MR) is 89.5 cm³/mol. The lowest BCUT2D eigenvalue weighted by molar-refractivity contribution is -0.116. The normalized spacial score (nSPS) is 10.5. The molecular formula is C18H17N3O. The molecule has 0 bridgehead atoms. The van der Waals surface area contributed by atoms with Crippen molar-refractivity contribution in [3.8, 4) is 0 Å². The predicted octanol–water partition coefficient (Wildman–Crippen LogP) is 3.39. The number of benzene rings is 2. The summed E-state index contributed by atoms with van der Waals surface area (Å²) in [5.41, 5.74) is 9.04. The van der Waals surface area contributed by atoms with Crippen molar-refractivity contribution >= 4 is 28.2 Å². The molecule has 3 aromatic rings. The fraction of sp³-hybridized carbons (Fsp3) is 0.111. The highest BCUT2D eigenvalue weighted by Gasteiger charge is 2.07. The van der Waals surface area contributed by atoms with Gasteiger partial charge in [-0.25, -0.2) is 0 Å². The van der Waals surface area contributed by atoms with Crippen molar-refractivity contribution < 1.29 is 4.79 Å². The van der Waals surface area contributed by atoms with E-state index in [0.29, 0.717) is 12.8 Å². The Balaban J connectivity index is 1.67. The molecule has 3 N–H and O–H groups in total. The van der Waals surface area contributed by atoms with Gasteiger partial charge in [-0.2, -0.15) is 0 Å². The quantitative estimate of drug-likeness (QED) is 0.724. The minimum Gasteiger partial charge on any atom is -0.399 e. The van der Waals surface area contributed by atoms with Crippen LogP contribution in [0.25, 0.3) is 10.9 Å². The summed E-state index contributed by atoms with van der Waals surface area (Å²) in [7, 11) is 0. The maximum Gasteiger partial charge on any atom is 0.224 e. The lowest BCUT2D eigenvalue weighted by Crippen LogP contribution is -2.12. The summed E-state index contributed by atoms with van der Waals surface area (Å²) < 4.78 is 0. The van der Waals surface area contributed by atoms with Gasteiger partial charge in [-0.05, 0) is 36.2 Å². The van der Waals surface area contributed by atoms with E-state index in [-0.39, 0.29) is 5.91 Å². The van der Waals surface area contributed by atoms with E-state index in [0.717, 1.165) is 27.8 Å². The maximum atomic E-state index is 12.1. The van der Waals surface area contributed by atoms with E-state index < -0.39 is 0 Å². The van der Waals surface area contributed by atoms with Crippen molar-refractivity contribution in [3.63, 3.8) is 0 Å². The van der Waals surface area contributed by atoms with Crippen molar-refractivity contribution in [3.05, 3.63) is 66.4 Å². The number of para-hydroxylation sites is 1. The number of nitrogens with zero attached hydrogens (tertiary/aromatic N) is 1. The first kappa shape index (κ1) is 14.1. The molecule has 2 aromatic carbocycles. The lowest BCUT2D eigenvalue weighted by atomic mass is 10.1. The Morgan fingerprint density at radius 3 is 2.64 bits per heavy atom. The van der Waals surface area contributed by atoms with Gasteiger partial charge < -0.3 is 11.1 Å². The van der Waals surface area contributed by atoms with E-state index in [1.807, 2.05) is 54.6 Å². The Morgan fingerprint density at radius 2 is 1.82 bits per heavy atom. The fourth-order valence-electron chi connectivity index (χ4n) is 2.36. The SMILES string of the molecule is Nc1ccc(CCC(=O)Nc2cccc3cccnc23)cc1. The molecule has 0 fully saturated rings. The van der Waals surface area contributed by atoms with E-state index in [9.17, 15) is 4.79 Å². The van der Waals surface area contributed by atoms with Crippen LogP contribution in [0.15, 0.2) is 60.8 Å². The highest BCUT2D eigenvalue weighted by Crippen LogP contribution is 2.20. The van der Waals surface area contributed by atoms with E-state index in [1.54, 1.807) is 6.20 Å². The van der Waals surface area contributed by atoms with E-state index in [1.165, 1.54) is 0 Å². The minimum absolute atomic E-state index is 0.0185. The molecule has 0 aliphatic heterocycles. The highest BCUT2D eigenvalue weighted by atomic mass is 16.1. The van der Waals surface area contributed by atoms with Crippen LogP contribution in [0.5, 0.6) is 0 Å². The zero-order valence-corrected chi connectivity index (χ0v) is 12.1. The number of hydrogen-bond donors (Lipinski definition) is 2. The first-order valence-electron chi connectivity index (χ1n) is 7.20. The summed E-state index contributed by atoms with van der Waals surface area (Å²) in [4.78, 5) is 16.5. The summed E-state index contributed by atoms with van der Waals surface area (Å²) in [5, 5.41) is 3.95. The number of anilines is 2. The van der Waals surface area contributed by atoms with Gasteiger partial charge in [0.15, 0.2) is 0 Å². The third kappa shape index (κ3) is 3.23. The zero-order valence-electron chi connectivity index (χ0n) is 12.1. The van der Waals surface area contributed by atoms with Gasteiger partial charge in [0, 0.05) is 23.7 Å². The molecule has 0 spiro atoms. The van der Waals surface area contributed by atoms with E-state index in [2.05, 4.69) is 10.3 Å². The Kier molecular flexibility index (Phi) is 4.01. The fourth-order valence-corrected chi connectivity index (χ4v) is 2.36. The van der Waals surface area contributed by atoms with Gasteiger partial charge in [0.25, 0.3) is 0 Å². The largest absolute Gasteiger partial charge is 0.399 e. The number of carbonyl (C=O) groups excluding carboxylic acids is 1. The first-order valence-corrected chi connectivity index (χ1v) is 7.20. The molecule has 0 radical (unpaired) electrons. The average molecular weight is 291 g/mol. The molecule has 1 aromatic heterocycles. The Bertz CT molecular complexity index is 792. The summed E-state index contributed by atoms with van der Waals surface area (Å²) in [5.74, 6) is -0.0185. The molecule has 0 saturated heterocycles. The number of fused-ring (bicyclic) bond motifs is 1. The topological polar surface area (TPSA) is 68.0 Å². The Morgan fingerprint density at radius 1 is 1.05 bits per heavy atom. The molecule has 1 amide bonds. The van der Waals surface area contributed by atoms with Crippen LogP contribution in [0.3, 0.4) is 0 Å².